The minimum absolute atomic E-state index is 0.0987. The normalized spacial score (nSPS) is 28.4. The molecule has 3 rings (SSSR count). The molecular weight excluding hydrogens is 278 g/mol. The standard InChI is InChI=1S/C14H17NO4S/c1-10(19-12-5-3-2-4-6-12)14(16)15-8-13-7-11(15)9-20(13,17)18/h2-6,10-11,13H,7-9H2,1H3. The second-order valence-corrected chi connectivity index (χ2v) is 7.73. The summed E-state index contributed by atoms with van der Waals surface area (Å²) in [4.78, 5) is 14.0. The van der Waals surface area contributed by atoms with Gasteiger partial charge in [-0.25, -0.2) is 8.42 Å². The molecule has 5 nitrogen and oxygen atoms in total. The second-order valence-electron chi connectivity index (χ2n) is 5.40. The van der Waals surface area contributed by atoms with Gasteiger partial charge in [0, 0.05) is 12.6 Å². The van der Waals surface area contributed by atoms with Crippen LogP contribution in [0.2, 0.25) is 0 Å². The molecule has 2 bridgehead atoms. The second kappa shape index (κ2) is 4.77. The molecule has 0 aromatic heterocycles. The van der Waals surface area contributed by atoms with Gasteiger partial charge >= 0.3 is 0 Å². The molecule has 3 unspecified atom stereocenters. The van der Waals surface area contributed by atoms with Gasteiger partial charge in [0.05, 0.1) is 11.0 Å². The van der Waals surface area contributed by atoms with Crippen molar-refractivity contribution in [2.75, 3.05) is 12.3 Å². The molecular formula is C14H17NO4S. The summed E-state index contributed by atoms with van der Waals surface area (Å²) in [6.07, 6.45) is -0.0222. The lowest BCUT2D eigenvalue weighted by Crippen LogP contribution is -2.48. The Bertz CT molecular complexity index is 613. The molecule has 1 amide bonds. The summed E-state index contributed by atoms with van der Waals surface area (Å²) < 4.78 is 29.0. The minimum atomic E-state index is -2.97. The lowest BCUT2D eigenvalue weighted by Gasteiger charge is -2.29. The van der Waals surface area contributed by atoms with E-state index < -0.39 is 15.9 Å². The summed E-state index contributed by atoms with van der Waals surface area (Å²) in [5.74, 6) is 0.614. The van der Waals surface area contributed by atoms with Crippen LogP contribution in [0.1, 0.15) is 13.3 Å². The Morgan fingerprint density at radius 2 is 2.05 bits per heavy atom. The highest BCUT2D eigenvalue weighted by Gasteiger charge is 2.50. The lowest BCUT2D eigenvalue weighted by molar-refractivity contribution is -0.138. The Morgan fingerprint density at radius 1 is 1.35 bits per heavy atom. The Kier molecular flexibility index (Phi) is 3.20. The van der Waals surface area contributed by atoms with Gasteiger partial charge < -0.3 is 9.64 Å². The molecule has 0 saturated carbocycles. The number of sulfone groups is 1. The molecule has 2 aliphatic heterocycles. The Hall–Kier alpha value is -1.56. The fourth-order valence-corrected chi connectivity index (χ4v) is 4.98. The number of hydrogen-bond donors (Lipinski definition) is 0. The summed E-state index contributed by atoms with van der Waals surface area (Å²) >= 11 is 0. The van der Waals surface area contributed by atoms with Gasteiger partial charge in [-0.05, 0) is 25.5 Å². The predicted molar refractivity (Wildman–Crippen MR) is 74.2 cm³/mol. The summed E-state index contributed by atoms with van der Waals surface area (Å²) in [5, 5.41) is -0.375. The number of carbonyl (C=O) groups is 1. The van der Waals surface area contributed by atoms with E-state index in [-0.39, 0.29) is 23.0 Å². The number of hydrogen-bond acceptors (Lipinski definition) is 4. The Balaban J connectivity index is 1.66. The van der Waals surface area contributed by atoms with Crippen molar-refractivity contribution >= 4 is 15.7 Å². The first kappa shape index (κ1) is 13.4. The van der Waals surface area contributed by atoms with Gasteiger partial charge in [-0.3, -0.25) is 4.79 Å². The van der Waals surface area contributed by atoms with Gasteiger partial charge in [-0.2, -0.15) is 0 Å². The number of benzene rings is 1. The molecule has 0 radical (unpaired) electrons. The fourth-order valence-electron chi connectivity index (χ4n) is 2.95. The molecule has 20 heavy (non-hydrogen) atoms. The van der Waals surface area contributed by atoms with Gasteiger partial charge in [-0.15, -0.1) is 0 Å². The SMILES string of the molecule is CC(Oc1ccccc1)C(=O)N1CC2CC1CS2(=O)=O. The van der Waals surface area contributed by atoms with Gasteiger partial charge in [0.15, 0.2) is 15.9 Å². The van der Waals surface area contributed by atoms with Gasteiger partial charge in [0.1, 0.15) is 5.75 Å². The van der Waals surface area contributed by atoms with E-state index in [1.807, 2.05) is 18.2 Å². The van der Waals surface area contributed by atoms with Gasteiger partial charge in [0.25, 0.3) is 5.91 Å². The van der Waals surface area contributed by atoms with Crippen LogP contribution >= 0.6 is 0 Å². The molecule has 2 heterocycles. The van der Waals surface area contributed by atoms with Crippen LogP contribution in [-0.4, -0.2) is 48.9 Å². The summed E-state index contributed by atoms with van der Waals surface area (Å²) in [5.41, 5.74) is 0. The monoisotopic (exact) mass is 295 g/mol. The molecule has 2 aliphatic rings. The van der Waals surface area contributed by atoms with Crippen LogP contribution in [0.25, 0.3) is 0 Å². The highest BCUT2D eigenvalue weighted by atomic mass is 32.2. The van der Waals surface area contributed by atoms with Crippen molar-refractivity contribution in [3.05, 3.63) is 30.3 Å². The van der Waals surface area contributed by atoms with Crippen LogP contribution in [-0.2, 0) is 14.6 Å². The smallest absolute Gasteiger partial charge is 0.263 e. The fraction of sp³-hybridized carbons (Fsp3) is 0.500. The van der Waals surface area contributed by atoms with Crippen molar-refractivity contribution in [3.8, 4) is 5.75 Å². The Labute approximate surface area is 118 Å². The van der Waals surface area contributed by atoms with Crippen molar-refractivity contribution in [1.29, 1.82) is 0 Å². The number of para-hydroxylation sites is 1. The number of fused-ring (bicyclic) bond motifs is 2. The number of nitrogens with zero attached hydrogens (tertiary/aromatic N) is 1. The van der Waals surface area contributed by atoms with E-state index in [0.29, 0.717) is 18.7 Å². The maximum absolute atomic E-state index is 12.4. The number of rotatable bonds is 3. The van der Waals surface area contributed by atoms with Gasteiger partial charge in [0.2, 0.25) is 0 Å². The summed E-state index contributed by atoms with van der Waals surface area (Å²) in [6.45, 7) is 2.02. The van der Waals surface area contributed by atoms with Crippen molar-refractivity contribution in [1.82, 2.24) is 4.90 Å². The van der Waals surface area contributed by atoms with E-state index in [9.17, 15) is 13.2 Å². The molecule has 1 aromatic rings. The molecule has 1 aromatic carbocycles. The molecule has 0 spiro atoms. The highest BCUT2D eigenvalue weighted by molar-refractivity contribution is 7.92. The van der Waals surface area contributed by atoms with Crippen LogP contribution in [0.3, 0.4) is 0 Å². The van der Waals surface area contributed by atoms with Crippen LogP contribution < -0.4 is 4.74 Å². The first-order valence-corrected chi connectivity index (χ1v) is 8.42. The number of likely N-dealkylation sites (tertiary alicyclic amines) is 1. The average molecular weight is 295 g/mol. The average Bonchev–Trinajstić information content (AvgIpc) is 2.94. The topological polar surface area (TPSA) is 63.7 Å². The number of carbonyl (C=O) groups excluding carboxylic acids is 1. The number of amides is 1. The van der Waals surface area contributed by atoms with Gasteiger partial charge in [-0.1, -0.05) is 18.2 Å². The third-order valence-corrected chi connectivity index (χ3v) is 6.20. The first-order valence-electron chi connectivity index (χ1n) is 6.71. The van der Waals surface area contributed by atoms with Crippen LogP contribution in [0.4, 0.5) is 0 Å². The van der Waals surface area contributed by atoms with Crippen molar-refractivity contribution in [2.24, 2.45) is 0 Å². The van der Waals surface area contributed by atoms with Crippen molar-refractivity contribution in [2.45, 2.75) is 30.7 Å². The largest absolute Gasteiger partial charge is 0.481 e. The highest BCUT2D eigenvalue weighted by Crippen LogP contribution is 2.33. The Morgan fingerprint density at radius 3 is 2.60 bits per heavy atom. The van der Waals surface area contributed by atoms with Crippen LogP contribution in [0.5, 0.6) is 5.75 Å². The zero-order chi connectivity index (χ0) is 14.3. The van der Waals surface area contributed by atoms with Crippen molar-refractivity contribution < 1.29 is 17.9 Å². The lowest BCUT2D eigenvalue weighted by atomic mass is 10.2. The van der Waals surface area contributed by atoms with E-state index in [2.05, 4.69) is 0 Å². The molecule has 2 saturated heterocycles. The van der Waals surface area contributed by atoms with E-state index in [0.717, 1.165) is 0 Å². The maximum atomic E-state index is 12.4. The molecule has 3 atom stereocenters. The van der Waals surface area contributed by atoms with E-state index >= 15 is 0 Å². The third-order valence-electron chi connectivity index (χ3n) is 4.00. The van der Waals surface area contributed by atoms with E-state index in [1.165, 1.54) is 0 Å². The minimum Gasteiger partial charge on any atom is -0.481 e. The van der Waals surface area contributed by atoms with Crippen LogP contribution in [0, 0.1) is 0 Å². The van der Waals surface area contributed by atoms with E-state index in [4.69, 9.17) is 4.74 Å². The third kappa shape index (κ3) is 2.28. The predicted octanol–water partition coefficient (Wildman–Crippen LogP) is 0.852. The molecule has 108 valence electrons. The zero-order valence-electron chi connectivity index (χ0n) is 11.2. The molecule has 6 heteroatoms. The zero-order valence-corrected chi connectivity index (χ0v) is 12.0. The molecule has 2 fully saturated rings. The van der Waals surface area contributed by atoms with Crippen molar-refractivity contribution in [3.63, 3.8) is 0 Å². The molecule has 0 aliphatic carbocycles. The summed E-state index contributed by atoms with van der Waals surface area (Å²) in [6, 6.07) is 8.99. The molecule has 0 N–H and O–H groups in total. The quantitative estimate of drug-likeness (QED) is 0.829. The van der Waals surface area contributed by atoms with E-state index in [1.54, 1.807) is 24.0 Å². The first-order chi connectivity index (χ1) is 9.47. The number of ether oxygens (including phenoxy) is 1. The maximum Gasteiger partial charge on any atom is 0.263 e. The van der Waals surface area contributed by atoms with Crippen LogP contribution in [0.15, 0.2) is 30.3 Å². The summed E-state index contributed by atoms with van der Waals surface area (Å²) in [7, 11) is -2.97.